The zero-order chi connectivity index (χ0) is 12.4. The lowest BCUT2D eigenvalue weighted by Crippen LogP contribution is -2.15. The van der Waals surface area contributed by atoms with E-state index in [0.717, 1.165) is 29.9 Å². The zero-order valence-electron chi connectivity index (χ0n) is 10.3. The van der Waals surface area contributed by atoms with E-state index in [1.54, 1.807) is 11.3 Å². The Morgan fingerprint density at radius 3 is 2.76 bits per heavy atom. The van der Waals surface area contributed by atoms with Crippen molar-refractivity contribution in [1.82, 2.24) is 9.97 Å². The molecular formula is C13H16N2OS. The lowest BCUT2D eigenvalue weighted by atomic mass is 10.1. The van der Waals surface area contributed by atoms with Gasteiger partial charge in [-0.05, 0) is 26.3 Å². The molecule has 3 nitrogen and oxygen atoms in total. The molecule has 0 fully saturated rings. The molecule has 2 rings (SSSR count). The van der Waals surface area contributed by atoms with Crippen LogP contribution in [0.5, 0.6) is 0 Å². The summed E-state index contributed by atoms with van der Waals surface area (Å²) in [5.74, 6) is 0.780. The number of rotatable bonds is 3. The van der Waals surface area contributed by atoms with Crippen molar-refractivity contribution in [2.45, 2.75) is 33.6 Å². The van der Waals surface area contributed by atoms with Crippen LogP contribution < -0.4 is 5.56 Å². The van der Waals surface area contributed by atoms with Crippen LogP contribution in [0.2, 0.25) is 0 Å². The molecule has 0 amide bonds. The molecule has 0 aliphatic rings. The van der Waals surface area contributed by atoms with Crippen LogP contribution in [-0.4, -0.2) is 9.97 Å². The SMILES string of the molecule is CCCc1nc(-c2csc(C)c2)c(C)c(=O)[nH]1. The Morgan fingerprint density at radius 2 is 2.18 bits per heavy atom. The second-order valence-corrected chi connectivity index (χ2v) is 5.30. The van der Waals surface area contributed by atoms with Gasteiger partial charge in [-0.3, -0.25) is 4.79 Å². The number of aromatic amines is 1. The van der Waals surface area contributed by atoms with Crippen molar-refractivity contribution in [2.75, 3.05) is 0 Å². The van der Waals surface area contributed by atoms with Gasteiger partial charge in [-0.15, -0.1) is 11.3 Å². The Kier molecular flexibility index (Phi) is 3.43. The van der Waals surface area contributed by atoms with Crippen LogP contribution in [0, 0.1) is 13.8 Å². The summed E-state index contributed by atoms with van der Waals surface area (Å²) in [5, 5.41) is 2.06. The van der Waals surface area contributed by atoms with E-state index in [4.69, 9.17) is 0 Å². The van der Waals surface area contributed by atoms with Gasteiger partial charge in [0.15, 0.2) is 0 Å². The minimum absolute atomic E-state index is 0.0256. The minimum atomic E-state index is -0.0256. The topological polar surface area (TPSA) is 45.8 Å². The summed E-state index contributed by atoms with van der Waals surface area (Å²) in [5.41, 5.74) is 2.54. The van der Waals surface area contributed by atoms with E-state index in [0.29, 0.717) is 5.56 Å². The van der Waals surface area contributed by atoms with Crippen molar-refractivity contribution in [3.63, 3.8) is 0 Å². The molecule has 1 N–H and O–H groups in total. The van der Waals surface area contributed by atoms with Crippen molar-refractivity contribution < 1.29 is 0 Å². The van der Waals surface area contributed by atoms with E-state index in [2.05, 4.69) is 35.3 Å². The van der Waals surface area contributed by atoms with Crippen LogP contribution >= 0.6 is 11.3 Å². The van der Waals surface area contributed by atoms with E-state index in [1.807, 2.05) is 6.92 Å². The number of hydrogen-bond acceptors (Lipinski definition) is 3. The molecule has 0 unspecified atom stereocenters. The highest BCUT2D eigenvalue weighted by atomic mass is 32.1. The van der Waals surface area contributed by atoms with Crippen molar-refractivity contribution in [3.05, 3.63) is 38.1 Å². The second-order valence-electron chi connectivity index (χ2n) is 4.18. The first-order chi connectivity index (χ1) is 8.11. The fraction of sp³-hybridized carbons (Fsp3) is 0.385. The van der Waals surface area contributed by atoms with E-state index in [1.165, 1.54) is 4.88 Å². The Bertz CT molecular complexity index is 583. The number of aromatic nitrogens is 2. The molecule has 90 valence electrons. The van der Waals surface area contributed by atoms with E-state index in [9.17, 15) is 4.79 Å². The monoisotopic (exact) mass is 248 g/mol. The van der Waals surface area contributed by atoms with Crippen LogP contribution in [0.15, 0.2) is 16.2 Å². The van der Waals surface area contributed by atoms with E-state index in [-0.39, 0.29) is 5.56 Å². The molecule has 0 aliphatic carbocycles. The maximum absolute atomic E-state index is 11.8. The lowest BCUT2D eigenvalue weighted by molar-refractivity contribution is 0.823. The van der Waals surface area contributed by atoms with Gasteiger partial charge in [0.2, 0.25) is 0 Å². The van der Waals surface area contributed by atoms with Gasteiger partial charge in [0.1, 0.15) is 5.82 Å². The summed E-state index contributed by atoms with van der Waals surface area (Å²) in [6.45, 7) is 5.96. The third-order valence-corrected chi connectivity index (χ3v) is 3.55. The molecule has 0 atom stereocenters. The molecule has 2 aromatic heterocycles. The standard InChI is InChI=1S/C13H16N2OS/c1-4-5-11-14-12(9(3)13(16)15-11)10-6-8(2)17-7-10/h6-7H,4-5H2,1-3H3,(H,14,15,16). The fourth-order valence-corrected chi connectivity index (χ4v) is 2.47. The van der Waals surface area contributed by atoms with E-state index < -0.39 is 0 Å². The minimum Gasteiger partial charge on any atom is -0.310 e. The molecule has 0 spiro atoms. The van der Waals surface area contributed by atoms with Crippen LogP contribution in [0.1, 0.15) is 29.6 Å². The van der Waals surface area contributed by atoms with Gasteiger partial charge in [0.25, 0.3) is 5.56 Å². The van der Waals surface area contributed by atoms with Gasteiger partial charge in [0.05, 0.1) is 5.69 Å². The summed E-state index contributed by atoms with van der Waals surface area (Å²) in [6, 6.07) is 2.08. The summed E-state index contributed by atoms with van der Waals surface area (Å²) >= 11 is 1.68. The van der Waals surface area contributed by atoms with Gasteiger partial charge in [0, 0.05) is 27.8 Å². The first kappa shape index (κ1) is 12.0. The average molecular weight is 248 g/mol. The maximum atomic E-state index is 11.8. The van der Waals surface area contributed by atoms with Gasteiger partial charge in [-0.25, -0.2) is 4.98 Å². The van der Waals surface area contributed by atoms with Crippen LogP contribution in [0.25, 0.3) is 11.3 Å². The van der Waals surface area contributed by atoms with Gasteiger partial charge in [-0.2, -0.15) is 0 Å². The van der Waals surface area contributed by atoms with E-state index >= 15 is 0 Å². The molecule has 4 heteroatoms. The molecular weight excluding hydrogens is 232 g/mol. The predicted molar refractivity (Wildman–Crippen MR) is 71.6 cm³/mol. The molecule has 0 radical (unpaired) electrons. The molecule has 0 saturated heterocycles. The maximum Gasteiger partial charge on any atom is 0.254 e. The molecule has 0 aromatic carbocycles. The molecule has 0 bridgehead atoms. The number of nitrogens with one attached hydrogen (secondary N) is 1. The van der Waals surface area contributed by atoms with Gasteiger partial charge in [-0.1, -0.05) is 6.92 Å². The van der Waals surface area contributed by atoms with Crippen molar-refractivity contribution >= 4 is 11.3 Å². The Balaban J connectivity index is 2.56. The first-order valence-corrected chi connectivity index (χ1v) is 6.65. The summed E-state index contributed by atoms with van der Waals surface area (Å²) in [6.07, 6.45) is 1.79. The van der Waals surface area contributed by atoms with Crippen molar-refractivity contribution in [1.29, 1.82) is 0 Å². The number of thiophene rings is 1. The van der Waals surface area contributed by atoms with Crippen LogP contribution in [0.3, 0.4) is 0 Å². The Labute approximate surface area is 105 Å². The van der Waals surface area contributed by atoms with Crippen molar-refractivity contribution in [2.24, 2.45) is 0 Å². The highest BCUT2D eigenvalue weighted by molar-refractivity contribution is 7.10. The van der Waals surface area contributed by atoms with Crippen LogP contribution in [0.4, 0.5) is 0 Å². The second kappa shape index (κ2) is 4.84. The molecule has 0 aliphatic heterocycles. The highest BCUT2D eigenvalue weighted by Crippen LogP contribution is 2.24. The average Bonchev–Trinajstić information content (AvgIpc) is 2.70. The fourth-order valence-electron chi connectivity index (χ4n) is 1.78. The van der Waals surface area contributed by atoms with Gasteiger partial charge < -0.3 is 4.98 Å². The highest BCUT2D eigenvalue weighted by Gasteiger charge is 2.10. The van der Waals surface area contributed by atoms with Crippen molar-refractivity contribution in [3.8, 4) is 11.3 Å². The predicted octanol–water partition coefficient (Wildman–Crippen LogP) is 3.07. The third kappa shape index (κ3) is 2.47. The van der Waals surface area contributed by atoms with Crippen LogP contribution in [-0.2, 0) is 6.42 Å². The smallest absolute Gasteiger partial charge is 0.254 e. The number of hydrogen-bond donors (Lipinski definition) is 1. The number of nitrogens with zero attached hydrogens (tertiary/aromatic N) is 1. The van der Waals surface area contributed by atoms with Gasteiger partial charge >= 0.3 is 0 Å². The molecule has 2 aromatic rings. The molecule has 0 saturated carbocycles. The quantitative estimate of drug-likeness (QED) is 0.907. The Morgan fingerprint density at radius 1 is 1.41 bits per heavy atom. The third-order valence-electron chi connectivity index (χ3n) is 2.69. The Hall–Kier alpha value is -1.42. The lowest BCUT2D eigenvalue weighted by Gasteiger charge is -2.05. The summed E-state index contributed by atoms with van der Waals surface area (Å²) in [4.78, 5) is 20.4. The number of H-pyrrole nitrogens is 1. The summed E-state index contributed by atoms with van der Waals surface area (Å²) < 4.78 is 0. The molecule has 2 heterocycles. The largest absolute Gasteiger partial charge is 0.310 e. The normalized spacial score (nSPS) is 10.8. The molecule has 17 heavy (non-hydrogen) atoms. The summed E-state index contributed by atoms with van der Waals surface area (Å²) in [7, 11) is 0. The zero-order valence-corrected chi connectivity index (χ0v) is 11.1. The number of aryl methyl sites for hydroxylation is 2. The first-order valence-electron chi connectivity index (χ1n) is 5.77.